The molecule has 0 aliphatic carbocycles. The van der Waals surface area contributed by atoms with Gasteiger partial charge in [0.05, 0.1) is 13.7 Å². The van der Waals surface area contributed by atoms with Crippen LogP contribution >= 0.6 is 39.0 Å². The number of carbonyl (C=O) groups is 1. The molecule has 1 aliphatic heterocycles. The monoisotopic (exact) mass is 392 g/mol. The Kier molecular flexibility index (Phi) is 3.51. The normalized spacial score (nSPS) is 12.6. The number of carbonyl (C=O) groups excluding carboxylic acids is 1. The molecular weight excluding hydrogens is 384 g/mol. The lowest BCUT2D eigenvalue weighted by Crippen LogP contribution is -2.15. The summed E-state index contributed by atoms with van der Waals surface area (Å²) >= 11 is 6.92. The molecule has 0 bridgehead atoms. The fourth-order valence-electron chi connectivity index (χ4n) is 2.29. The highest BCUT2D eigenvalue weighted by atomic mass is 79.9. The SMILES string of the molecule is O=C(Nc1ccccn1)c1[nH]nc2c1CSc1sc(Br)cc1-2. The number of thioether (sulfide) groups is 1. The van der Waals surface area contributed by atoms with Crippen LogP contribution in [0.4, 0.5) is 5.82 Å². The van der Waals surface area contributed by atoms with E-state index >= 15 is 0 Å². The van der Waals surface area contributed by atoms with Crippen LogP contribution in [0.2, 0.25) is 0 Å². The van der Waals surface area contributed by atoms with Crippen LogP contribution < -0.4 is 5.32 Å². The summed E-state index contributed by atoms with van der Waals surface area (Å²) in [7, 11) is 0. The smallest absolute Gasteiger partial charge is 0.275 e. The number of halogens is 1. The summed E-state index contributed by atoms with van der Waals surface area (Å²) in [6, 6.07) is 7.44. The average molecular weight is 393 g/mol. The maximum atomic E-state index is 12.4. The number of rotatable bonds is 2. The number of amides is 1. The van der Waals surface area contributed by atoms with Gasteiger partial charge in [0.15, 0.2) is 0 Å². The van der Waals surface area contributed by atoms with Crippen molar-refractivity contribution in [1.29, 1.82) is 0 Å². The molecule has 5 nitrogen and oxygen atoms in total. The van der Waals surface area contributed by atoms with Gasteiger partial charge in [0.2, 0.25) is 0 Å². The van der Waals surface area contributed by atoms with E-state index in [0.29, 0.717) is 11.5 Å². The van der Waals surface area contributed by atoms with Gasteiger partial charge >= 0.3 is 0 Å². The van der Waals surface area contributed by atoms with E-state index < -0.39 is 0 Å². The summed E-state index contributed by atoms with van der Waals surface area (Å²) in [4.78, 5) is 16.5. The van der Waals surface area contributed by atoms with Gasteiger partial charge in [-0.1, -0.05) is 6.07 Å². The van der Waals surface area contributed by atoms with Gasteiger partial charge in [-0.25, -0.2) is 4.98 Å². The van der Waals surface area contributed by atoms with Crippen LogP contribution in [0, 0.1) is 0 Å². The molecule has 0 radical (unpaired) electrons. The largest absolute Gasteiger partial charge is 0.305 e. The predicted octanol–water partition coefficient (Wildman–Crippen LogP) is 4.15. The lowest BCUT2D eigenvalue weighted by atomic mass is 10.1. The van der Waals surface area contributed by atoms with E-state index in [0.717, 1.165) is 26.4 Å². The third-order valence-electron chi connectivity index (χ3n) is 3.27. The van der Waals surface area contributed by atoms with E-state index in [1.807, 2.05) is 12.1 Å². The summed E-state index contributed by atoms with van der Waals surface area (Å²) in [6.45, 7) is 0. The zero-order valence-electron chi connectivity index (χ0n) is 11.1. The molecule has 4 rings (SSSR count). The Morgan fingerprint density at radius 2 is 2.32 bits per heavy atom. The van der Waals surface area contributed by atoms with Gasteiger partial charge in [-0.2, -0.15) is 5.10 Å². The van der Waals surface area contributed by atoms with Gasteiger partial charge in [-0.3, -0.25) is 9.89 Å². The third kappa shape index (κ3) is 2.37. The van der Waals surface area contributed by atoms with E-state index in [-0.39, 0.29) is 5.91 Å². The van der Waals surface area contributed by atoms with Crippen LogP contribution in [-0.2, 0) is 5.75 Å². The molecule has 1 amide bonds. The molecule has 1 aliphatic rings. The molecule has 0 spiro atoms. The molecule has 3 aromatic heterocycles. The number of anilines is 1. The van der Waals surface area contributed by atoms with Crippen molar-refractivity contribution in [3.8, 4) is 11.3 Å². The Hall–Kier alpha value is -1.64. The van der Waals surface area contributed by atoms with E-state index in [1.165, 1.54) is 4.21 Å². The molecule has 0 saturated carbocycles. The fourth-order valence-corrected chi connectivity index (χ4v) is 5.49. The molecule has 2 N–H and O–H groups in total. The Balaban J connectivity index is 1.68. The van der Waals surface area contributed by atoms with Crippen molar-refractivity contribution >= 4 is 50.8 Å². The van der Waals surface area contributed by atoms with Crippen LogP contribution in [0.25, 0.3) is 11.3 Å². The quantitative estimate of drug-likeness (QED) is 0.686. The summed E-state index contributed by atoms with van der Waals surface area (Å²) < 4.78 is 2.29. The van der Waals surface area contributed by atoms with Crippen molar-refractivity contribution in [2.45, 2.75) is 9.96 Å². The number of nitrogens with one attached hydrogen (secondary N) is 2. The molecule has 110 valence electrons. The van der Waals surface area contributed by atoms with E-state index in [4.69, 9.17) is 0 Å². The number of fused-ring (bicyclic) bond motifs is 3. The van der Waals surface area contributed by atoms with Gasteiger partial charge in [-0.15, -0.1) is 23.1 Å². The molecule has 0 atom stereocenters. The molecule has 0 aromatic carbocycles. The minimum atomic E-state index is -0.217. The van der Waals surface area contributed by atoms with Gasteiger partial charge in [0.1, 0.15) is 11.5 Å². The minimum absolute atomic E-state index is 0.217. The number of thiophene rings is 1. The van der Waals surface area contributed by atoms with Crippen LogP contribution in [0.1, 0.15) is 16.1 Å². The third-order valence-corrected chi connectivity index (χ3v) is 6.22. The topological polar surface area (TPSA) is 70.7 Å². The van der Waals surface area contributed by atoms with Gasteiger partial charge in [0.25, 0.3) is 5.91 Å². The van der Waals surface area contributed by atoms with Crippen molar-refractivity contribution < 1.29 is 4.79 Å². The number of aromatic amines is 1. The minimum Gasteiger partial charge on any atom is -0.305 e. The van der Waals surface area contributed by atoms with E-state index in [2.05, 4.69) is 36.4 Å². The second-order valence-electron chi connectivity index (χ2n) is 4.64. The van der Waals surface area contributed by atoms with Crippen molar-refractivity contribution in [2.75, 3.05) is 5.32 Å². The van der Waals surface area contributed by atoms with Crippen LogP contribution in [0.3, 0.4) is 0 Å². The molecule has 22 heavy (non-hydrogen) atoms. The molecule has 0 fully saturated rings. The van der Waals surface area contributed by atoms with Crippen molar-refractivity contribution in [2.24, 2.45) is 0 Å². The number of aromatic nitrogens is 3. The molecular formula is C14H9BrN4OS2. The van der Waals surface area contributed by atoms with Gasteiger partial charge < -0.3 is 5.32 Å². The van der Waals surface area contributed by atoms with Crippen LogP contribution in [0.5, 0.6) is 0 Å². The average Bonchev–Trinajstić information content (AvgIpc) is 3.10. The van der Waals surface area contributed by atoms with Crippen molar-refractivity contribution in [3.05, 3.63) is 45.5 Å². The zero-order valence-corrected chi connectivity index (χ0v) is 14.3. The first-order chi connectivity index (χ1) is 10.7. The first kappa shape index (κ1) is 14.0. The number of nitrogens with zero attached hydrogens (tertiary/aromatic N) is 2. The van der Waals surface area contributed by atoms with Crippen LogP contribution in [-0.4, -0.2) is 21.1 Å². The van der Waals surface area contributed by atoms with E-state index in [1.54, 1.807) is 41.4 Å². The summed E-state index contributed by atoms with van der Waals surface area (Å²) in [5.41, 5.74) is 3.38. The van der Waals surface area contributed by atoms with Gasteiger partial charge in [0, 0.05) is 23.1 Å². The Bertz CT molecular complexity index is 859. The second kappa shape index (κ2) is 5.53. The number of hydrogen-bond donors (Lipinski definition) is 2. The lowest BCUT2D eigenvalue weighted by Gasteiger charge is -2.11. The van der Waals surface area contributed by atoms with E-state index in [9.17, 15) is 4.79 Å². The summed E-state index contributed by atoms with van der Waals surface area (Å²) in [5.74, 6) is 1.04. The van der Waals surface area contributed by atoms with Crippen molar-refractivity contribution in [3.63, 3.8) is 0 Å². The summed E-state index contributed by atoms with van der Waals surface area (Å²) in [6.07, 6.45) is 1.64. The Morgan fingerprint density at radius 1 is 1.41 bits per heavy atom. The van der Waals surface area contributed by atoms with Gasteiger partial charge in [-0.05, 0) is 34.1 Å². The maximum Gasteiger partial charge on any atom is 0.275 e. The first-order valence-corrected chi connectivity index (χ1v) is 9.04. The highest BCUT2D eigenvalue weighted by Gasteiger charge is 2.27. The van der Waals surface area contributed by atoms with Crippen LogP contribution in [0.15, 0.2) is 38.5 Å². The molecule has 8 heteroatoms. The highest BCUT2D eigenvalue weighted by Crippen LogP contribution is 2.47. The Morgan fingerprint density at radius 3 is 3.14 bits per heavy atom. The standard InChI is InChI=1S/C14H9BrN4OS2/c15-9-5-7-11-8(6-21-14(7)22-9)12(19-18-11)13(20)17-10-3-1-2-4-16-10/h1-5H,6H2,(H,18,19)(H,16,17,20). The maximum absolute atomic E-state index is 12.4. The molecule has 4 heterocycles. The molecule has 0 unspecified atom stereocenters. The predicted molar refractivity (Wildman–Crippen MR) is 91.4 cm³/mol. The molecule has 0 saturated heterocycles. The summed E-state index contributed by atoms with van der Waals surface area (Å²) in [5, 5.41) is 10.00. The number of H-pyrrole nitrogens is 1. The van der Waals surface area contributed by atoms with Crippen molar-refractivity contribution in [1.82, 2.24) is 15.2 Å². The fraction of sp³-hybridized carbons (Fsp3) is 0.0714. The number of pyridine rings is 1. The molecule has 3 aromatic rings. The zero-order chi connectivity index (χ0) is 15.1. The number of hydrogen-bond acceptors (Lipinski definition) is 5. The second-order valence-corrected chi connectivity index (χ2v) is 8.31. The lowest BCUT2D eigenvalue weighted by molar-refractivity contribution is 0.102. The highest BCUT2D eigenvalue weighted by molar-refractivity contribution is 9.11. The first-order valence-electron chi connectivity index (χ1n) is 6.44. The Labute approximate surface area is 142 Å².